The predicted molar refractivity (Wildman–Crippen MR) is 102 cm³/mol. The molecular formula is C21H22N2O5. The second kappa shape index (κ2) is 10.0. The Morgan fingerprint density at radius 1 is 0.893 bits per heavy atom. The van der Waals surface area contributed by atoms with Crippen LogP contribution in [0.5, 0.6) is 0 Å². The number of ether oxygens (including phenoxy) is 1. The summed E-state index contributed by atoms with van der Waals surface area (Å²) in [4.78, 5) is 47.4. The highest BCUT2D eigenvalue weighted by atomic mass is 16.5. The van der Waals surface area contributed by atoms with Crippen LogP contribution in [0.1, 0.15) is 44.7 Å². The van der Waals surface area contributed by atoms with E-state index in [0.29, 0.717) is 11.1 Å². The third-order valence-electron chi connectivity index (χ3n) is 3.97. The molecule has 0 unspecified atom stereocenters. The second-order valence-corrected chi connectivity index (χ2v) is 6.27. The molecule has 0 bridgehead atoms. The van der Waals surface area contributed by atoms with Crippen LogP contribution in [-0.4, -0.2) is 30.2 Å². The third-order valence-corrected chi connectivity index (χ3v) is 3.97. The summed E-state index contributed by atoms with van der Waals surface area (Å²) in [5, 5.41) is 0. The Morgan fingerprint density at radius 2 is 1.61 bits per heavy atom. The molecule has 0 saturated heterocycles. The normalized spacial score (nSPS) is 10.1. The number of carbonyl (C=O) groups is 4. The van der Waals surface area contributed by atoms with Gasteiger partial charge in [0.25, 0.3) is 11.8 Å². The van der Waals surface area contributed by atoms with Gasteiger partial charge in [0.05, 0.1) is 6.42 Å². The summed E-state index contributed by atoms with van der Waals surface area (Å²) < 4.78 is 4.83. The molecule has 2 aromatic rings. The molecule has 28 heavy (non-hydrogen) atoms. The van der Waals surface area contributed by atoms with Crippen LogP contribution in [0, 0.1) is 13.8 Å². The van der Waals surface area contributed by atoms with Crippen molar-refractivity contribution in [3.05, 3.63) is 70.8 Å². The Bertz CT molecular complexity index is 878. The van der Waals surface area contributed by atoms with Crippen LogP contribution >= 0.6 is 0 Å². The zero-order chi connectivity index (χ0) is 20.5. The van der Waals surface area contributed by atoms with Gasteiger partial charge in [-0.2, -0.15) is 0 Å². The van der Waals surface area contributed by atoms with Gasteiger partial charge < -0.3 is 4.74 Å². The van der Waals surface area contributed by atoms with Gasteiger partial charge in [-0.1, -0.05) is 35.9 Å². The topological polar surface area (TPSA) is 102 Å². The fraction of sp³-hybridized carbons (Fsp3) is 0.238. The summed E-state index contributed by atoms with van der Waals surface area (Å²) in [7, 11) is 0. The van der Waals surface area contributed by atoms with E-state index in [2.05, 4.69) is 10.9 Å². The number of ketones is 1. The Kier molecular flexibility index (Phi) is 7.45. The molecule has 0 aromatic heterocycles. The number of hydrogen-bond donors (Lipinski definition) is 2. The van der Waals surface area contributed by atoms with Gasteiger partial charge in [0, 0.05) is 17.5 Å². The van der Waals surface area contributed by atoms with Crippen LogP contribution in [0.25, 0.3) is 0 Å². The maximum absolute atomic E-state index is 12.2. The second-order valence-electron chi connectivity index (χ2n) is 6.27. The minimum absolute atomic E-state index is 0.00448. The molecule has 0 aliphatic carbocycles. The lowest BCUT2D eigenvalue weighted by molar-refractivity contribution is -0.148. The smallest absolute Gasteiger partial charge is 0.306 e. The molecule has 7 heteroatoms. The van der Waals surface area contributed by atoms with Gasteiger partial charge in [-0.15, -0.1) is 0 Å². The first-order chi connectivity index (χ1) is 13.4. The Hall–Kier alpha value is -3.48. The molecule has 0 aliphatic rings. The van der Waals surface area contributed by atoms with Crippen molar-refractivity contribution < 1.29 is 23.9 Å². The monoisotopic (exact) mass is 382 g/mol. The molecule has 0 aliphatic heterocycles. The lowest BCUT2D eigenvalue weighted by Gasteiger charge is -2.08. The summed E-state index contributed by atoms with van der Waals surface area (Å²) in [6.45, 7) is 3.17. The summed E-state index contributed by atoms with van der Waals surface area (Å²) in [5.74, 6) is -1.99. The molecule has 0 radical (unpaired) electrons. The highest BCUT2D eigenvalue weighted by molar-refractivity contribution is 5.99. The fourth-order valence-electron chi connectivity index (χ4n) is 2.43. The van der Waals surface area contributed by atoms with Gasteiger partial charge in [0.1, 0.15) is 0 Å². The van der Waals surface area contributed by atoms with Crippen LogP contribution < -0.4 is 10.9 Å². The van der Waals surface area contributed by atoms with Gasteiger partial charge >= 0.3 is 5.97 Å². The first-order valence-corrected chi connectivity index (χ1v) is 8.77. The van der Waals surface area contributed by atoms with E-state index in [1.54, 1.807) is 36.4 Å². The van der Waals surface area contributed by atoms with Crippen molar-refractivity contribution in [1.29, 1.82) is 0 Å². The quantitative estimate of drug-likeness (QED) is 0.435. The lowest BCUT2D eigenvalue weighted by atomic mass is 9.99. The first kappa shape index (κ1) is 20.8. The van der Waals surface area contributed by atoms with Crippen LogP contribution in [-0.2, 0) is 14.3 Å². The maximum atomic E-state index is 12.2. The number of nitrogens with one attached hydrogen (secondary N) is 2. The number of amides is 2. The van der Waals surface area contributed by atoms with Crippen molar-refractivity contribution in [2.45, 2.75) is 26.7 Å². The van der Waals surface area contributed by atoms with E-state index >= 15 is 0 Å². The van der Waals surface area contributed by atoms with Crippen LogP contribution in [0.3, 0.4) is 0 Å². The molecule has 2 N–H and O–H groups in total. The fourth-order valence-corrected chi connectivity index (χ4v) is 2.43. The first-order valence-electron chi connectivity index (χ1n) is 8.77. The Labute approximate surface area is 163 Å². The van der Waals surface area contributed by atoms with Crippen LogP contribution in [0.15, 0.2) is 48.5 Å². The minimum atomic E-state index is -0.682. The van der Waals surface area contributed by atoms with Crippen molar-refractivity contribution >= 4 is 23.6 Å². The average Bonchev–Trinajstić information content (AvgIpc) is 2.71. The van der Waals surface area contributed by atoms with Crippen molar-refractivity contribution in [2.24, 2.45) is 0 Å². The van der Waals surface area contributed by atoms with Crippen LogP contribution in [0.4, 0.5) is 0 Å². The molecule has 0 saturated carbocycles. The molecule has 146 valence electrons. The predicted octanol–water partition coefficient (Wildman–Crippen LogP) is 2.27. The average molecular weight is 382 g/mol. The SMILES string of the molecule is Cc1ccc(C)c(C(=O)CCC(=O)OCC(=O)NNC(=O)c2ccccc2)c1. The van der Waals surface area contributed by atoms with E-state index in [4.69, 9.17) is 4.74 Å². The molecule has 2 rings (SSSR count). The number of hydrogen-bond acceptors (Lipinski definition) is 5. The molecule has 0 spiro atoms. The van der Waals surface area contributed by atoms with Crippen molar-refractivity contribution in [3.8, 4) is 0 Å². The van der Waals surface area contributed by atoms with E-state index in [9.17, 15) is 19.2 Å². The van der Waals surface area contributed by atoms with Crippen LogP contribution in [0.2, 0.25) is 0 Å². The summed E-state index contributed by atoms with van der Waals surface area (Å²) >= 11 is 0. The molecule has 0 heterocycles. The van der Waals surface area contributed by atoms with Crippen molar-refractivity contribution in [2.75, 3.05) is 6.61 Å². The minimum Gasteiger partial charge on any atom is -0.455 e. The van der Waals surface area contributed by atoms with Gasteiger partial charge in [0.15, 0.2) is 12.4 Å². The number of carbonyl (C=O) groups excluding carboxylic acids is 4. The molecular weight excluding hydrogens is 360 g/mol. The maximum Gasteiger partial charge on any atom is 0.306 e. The number of rotatable bonds is 7. The van der Waals surface area contributed by atoms with Gasteiger partial charge in [0.2, 0.25) is 0 Å². The number of Topliss-reactive ketones (excluding diaryl/α,β-unsaturated/α-hetero) is 1. The number of aryl methyl sites for hydroxylation is 2. The summed E-state index contributed by atoms with van der Waals surface area (Å²) in [5.41, 5.74) is 7.15. The Balaban J connectivity index is 1.70. The van der Waals surface area contributed by atoms with E-state index in [0.717, 1.165) is 11.1 Å². The van der Waals surface area contributed by atoms with Gasteiger partial charge in [-0.05, 0) is 37.6 Å². The summed E-state index contributed by atoms with van der Waals surface area (Å²) in [6.07, 6.45) is -0.134. The zero-order valence-electron chi connectivity index (χ0n) is 15.8. The van der Waals surface area contributed by atoms with E-state index in [-0.39, 0.29) is 18.6 Å². The highest BCUT2D eigenvalue weighted by Gasteiger charge is 2.14. The molecule has 2 aromatic carbocycles. The van der Waals surface area contributed by atoms with Crippen molar-refractivity contribution in [3.63, 3.8) is 0 Å². The zero-order valence-corrected chi connectivity index (χ0v) is 15.8. The third kappa shape index (κ3) is 6.35. The molecule has 7 nitrogen and oxygen atoms in total. The Morgan fingerprint density at radius 3 is 2.32 bits per heavy atom. The summed E-state index contributed by atoms with van der Waals surface area (Å²) in [6, 6.07) is 13.9. The van der Waals surface area contributed by atoms with E-state index < -0.39 is 24.4 Å². The number of esters is 1. The van der Waals surface area contributed by atoms with Gasteiger partial charge in [-0.3, -0.25) is 30.0 Å². The van der Waals surface area contributed by atoms with Gasteiger partial charge in [-0.25, -0.2) is 0 Å². The highest BCUT2D eigenvalue weighted by Crippen LogP contribution is 2.14. The standard InChI is InChI=1S/C21H22N2O5/c1-14-8-9-15(2)17(12-14)18(24)10-11-20(26)28-13-19(25)22-23-21(27)16-6-4-3-5-7-16/h3-9,12H,10-11,13H2,1-2H3,(H,22,25)(H,23,27). The van der Waals surface area contributed by atoms with E-state index in [1.807, 2.05) is 26.0 Å². The van der Waals surface area contributed by atoms with Crippen molar-refractivity contribution in [1.82, 2.24) is 10.9 Å². The molecule has 0 fully saturated rings. The number of benzene rings is 2. The molecule has 0 atom stereocenters. The van der Waals surface area contributed by atoms with E-state index in [1.165, 1.54) is 0 Å². The number of hydrazine groups is 1. The molecule has 2 amide bonds. The lowest BCUT2D eigenvalue weighted by Crippen LogP contribution is -2.43. The largest absolute Gasteiger partial charge is 0.455 e.